The van der Waals surface area contributed by atoms with Crippen LogP contribution in [0.25, 0.3) is 0 Å². The molecule has 1 N–H and O–H groups in total. The summed E-state index contributed by atoms with van der Waals surface area (Å²) in [5, 5.41) is 14.1. The lowest BCUT2D eigenvalue weighted by Crippen LogP contribution is -2.47. The number of anilines is 1. The average molecular weight is 292 g/mol. The summed E-state index contributed by atoms with van der Waals surface area (Å²) in [6.07, 6.45) is 6.61. The fraction of sp³-hybridized carbons (Fsp3) is 0.812. The Morgan fingerprint density at radius 3 is 2.38 bits per heavy atom. The summed E-state index contributed by atoms with van der Waals surface area (Å²) < 4.78 is 1.93. The summed E-state index contributed by atoms with van der Waals surface area (Å²) in [5.74, 6) is 1.12. The van der Waals surface area contributed by atoms with Crippen molar-refractivity contribution in [3.63, 3.8) is 0 Å². The van der Waals surface area contributed by atoms with Crippen LogP contribution in [0.3, 0.4) is 0 Å². The number of piperidine rings is 2. The van der Waals surface area contributed by atoms with Crippen molar-refractivity contribution < 1.29 is 5.11 Å². The highest BCUT2D eigenvalue weighted by Crippen LogP contribution is 2.28. The zero-order chi connectivity index (χ0) is 14.8. The van der Waals surface area contributed by atoms with Gasteiger partial charge < -0.3 is 14.9 Å². The van der Waals surface area contributed by atoms with Gasteiger partial charge in [0.25, 0.3) is 0 Å². The Kier molecular flexibility index (Phi) is 4.50. The summed E-state index contributed by atoms with van der Waals surface area (Å²) in [7, 11) is 1.98. The Morgan fingerprint density at radius 2 is 1.76 bits per heavy atom. The van der Waals surface area contributed by atoms with Crippen LogP contribution in [-0.4, -0.2) is 52.0 Å². The highest BCUT2D eigenvalue weighted by atomic mass is 16.3. The topological polar surface area (TPSA) is 44.5 Å². The van der Waals surface area contributed by atoms with Gasteiger partial charge in [0.1, 0.15) is 5.82 Å². The highest BCUT2D eigenvalue weighted by molar-refractivity contribution is 5.50. The molecule has 5 nitrogen and oxygen atoms in total. The summed E-state index contributed by atoms with van der Waals surface area (Å²) in [5.41, 5.74) is 1.95. The van der Waals surface area contributed by atoms with Gasteiger partial charge in [0, 0.05) is 31.7 Å². The van der Waals surface area contributed by atoms with E-state index in [2.05, 4.69) is 14.9 Å². The van der Waals surface area contributed by atoms with E-state index >= 15 is 0 Å². The van der Waals surface area contributed by atoms with Crippen molar-refractivity contribution >= 4 is 5.82 Å². The molecule has 2 fully saturated rings. The number of nitrogens with zero attached hydrogens (tertiary/aromatic N) is 4. The zero-order valence-electron chi connectivity index (χ0n) is 13.4. The maximum atomic E-state index is 9.61. The quantitative estimate of drug-likeness (QED) is 0.920. The Morgan fingerprint density at radius 1 is 1.10 bits per heavy atom. The van der Waals surface area contributed by atoms with Gasteiger partial charge in [-0.25, -0.2) is 0 Å². The lowest BCUT2D eigenvalue weighted by Gasteiger charge is -2.41. The van der Waals surface area contributed by atoms with Crippen LogP contribution < -0.4 is 4.90 Å². The van der Waals surface area contributed by atoms with Gasteiger partial charge in [0.15, 0.2) is 0 Å². The lowest BCUT2D eigenvalue weighted by atomic mass is 9.99. The van der Waals surface area contributed by atoms with Crippen molar-refractivity contribution in [1.29, 1.82) is 0 Å². The van der Waals surface area contributed by atoms with E-state index in [9.17, 15) is 5.11 Å². The lowest BCUT2D eigenvalue weighted by molar-refractivity contribution is 0.141. The molecule has 0 aliphatic carbocycles. The Balaban J connectivity index is 1.65. The maximum Gasteiger partial charge on any atom is 0.132 e. The summed E-state index contributed by atoms with van der Waals surface area (Å²) in [6, 6.07) is 0.758. The van der Waals surface area contributed by atoms with Gasteiger partial charge in [0.05, 0.1) is 12.3 Å². The number of aliphatic hydroxyl groups excluding tert-OH is 1. The normalized spacial score (nSPS) is 22.0. The molecule has 0 unspecified atom stereocenters. The summed E-state index contributed by atoms with van der Waals surface area (Å²) >= 11 is 0. The van der Waals surface area contributed by atoms with Crippen molar-refractivity contribution in [2.75, 3.05) is 31.1 Å². The molecule has 2 saturated heterocycles. The number of likely N-dealkylation sites (tertiary alicyclic amines) is 1. The largest absolute Gasteiger partial charge is 0.391 e. The number of aliphatic hydroxyl groups is 1. The first-order chi connectivity index (χ1) is 10.2. The van der Waals surface area contributed by atoms with Crippen LogP contribution in [-0.2, 0) is 13.7 Å². The standard InChI is InChI=1S/C16H28N4O/c1-13-15(12-21)16(18(2)17-13)20-10-6-14(7-11-20)19-8-4-3-5-9-19/h14,21H,3-12H2,1-2H3. The average Bonchev–Trinajstić information content (AvgIpc) is 2.82. The minimum Gasteiger partial charge on any atom is -0.391 e. The predicted octanol–water partition coefficient (Wildman–Crippen LogP) is 1.68. The fourth-order valence-corrected chi connectivity index (χ4v) is 4.00. The minimum absolute atomic E-state index is 0.0844. The third-order valence-electron chi connectivity index (χ3n) is 5.14. The molecule has 3 heterocycles. The van der Waals surface area contributed by atoms with Gasteiger partial charge in [-0.3, -0.25) is 4.68 Å². The molecule has 2 aliphatic heterocycles. The molecular weight excluding hydrogens is 264 g/mol. The highest BCUT2D eigenvalue weighted by Gasteiger charge is 2.28. The van der Waals surface area contributed by atoms with E-state index in [-0.39, 0.29) is 6.61 Å². The third-order valence-corrected chi connectivity index (χ3v) is 5.14. The Bertz CT molecular complexity index is 471. The molecule has 0 amide bonds. The molecule has 3 rings (SSSR count). The SMILES string of the molecule is Cc1nn(C)c(N2CCC(N3CCCCC3)CC2)c1CO. The van der Waals surface area contributed by atoms with Crippen LogP contribution >= 0.6 is 0 Å². The van der Waals surface area contributed by atoms with Gasteiger partial charge in [-0.15, -0.1) is 0 Å². The number of aromatic nitrogens is 2. The first-order valence-corrected chi connectivity index (χ1v) is 8.33. The van der Waals surface area contributed by atoms with E-state index in [1.54, 1.807) is 0 Å². The van der Waals surface area contributed by atoms with Crippen molar-refractivity contribution in [3.8, 4) is 0 Å². The van der Waals surface area contributed by atoms with Gasteiger partial charge in [-0.2, -0.15) is 5.10 Å². The van der Waals surface area contributed by atoms with Crippen LogP contribution in [0.1, 0.15) is 43.4 Å². The van der Waals surface area contributed by atoms with E-state index in [0.29, 0.717) is 0 Å². The second kappa shape index (κ2) is 6.36. The molecular formula is C16H28N4O. The molecule has 1 aromatic rings. The molecule has 0 atom stereocenters. The number of rotatable bonds is 3. The van der Waals surface area contributed by atoms with E-state index in [1.807, 2.05) is 18.7 Å². The van der Waals surface area contributed by atoms with Crippen molar-refractivity contribution in [2.24, 2.45) is 7.05 Å². The minimum atomic E-state index is 0.0844. The molecule has 1 aromatic heterocycles. The Hall–Kier alpha value is -1.07. The fourth-order valence-electron chi connectivity index (χ4n) is 4.00. The summed E-state index contributed by atoms with van der Waals surface area (Å²) in [4.78, 5) is 5.11. The van der Waals surface area contributed by atoms with Crippen molar-refractivity contribution in [1.82, 2.24) is 14.7 Å². The number of hydrogen-bond donors (Lipinski definition) is 1. The molecule has 0 saturated carbocycles. The molecule has 0 spiro atoms. The maximum absolute atomic E-state index is 9.61. The molecule has 21 heavy (non-hydrogen) atoms. The molecule has 0 bridgehead atoms. The first-order valence-electron chi connectivity index (χ1n) is 8.33. The number of hydrogen-bond acceptors (Lipinski definition) is 4. The van der Waals surface area contributed by atoms with Crippen LogP contribution in [0.15, 0.2) is 0 Å². The van der Waals surface area contributed by atoms with Gasteiger partial charge >= 0.3 is 0 Å². The van der Waals surface area contributed by atoms with Crippen molar-refractivity contribution in [3.05, 3.63) is 11.3 Å². The zero-order valence-corrected chi connectivity index (χ0v) is 13.4. The molecule has 0 aromatic carbocycles. The van der Waals surface area contributed by atoms with Crippen LogP contribution in [0.5, 0.6) is 0 Å². The van der Waals surface area contributed by atoms with Gasteiger partial charge in [-0.1, -0.05) is 6.42 Å². The van der Waals surface area contributed by atoms with E-state index in [0.717, 1.165) is 36.2 Å². The molecule has 5 heteroatoms. The van der Waals surface area contributed by atoms with Crippen LogP contribution in [0, 0.1) is 6.92 Å². The monoisotopic (exact) mass is 292 g/mol. The molecule has 118 valence electrons. The predicted molar refractivity (Wildman–Crippen MR) is 84.5 cm³/mol. The molecule has 2 aliphatic rings. The van der Waals surface area contributed by atoms with Gasteiger partial charge in [0.2, 0.25) is 0 Å². The van der Waals surface area contributed by atoms with Gasteiger partial charge in [-0.05, 0) is 45.7 Å². The second-order valence-corrected chi connectivity index (χ2v) is 6.48. The number of aryl methyl sites for hydroxylation is 2. The first kappa shape index (κ1) is 14.9. The smallest absolute Gasteiger partial charge is 0.132 e. The van der Waals surface area contributed by atoms with Crippen LogP contribution in [0.2, 0.25) is 0 Å². The third kappa shape index (κ3) is 2.94. The van der Waals surface area contributed by atoms with E-state index < -0.39 is 0 Å². The van der Waals surface area contributed by atoms with E-state index in [1.165, 1.54) is 45.2 Å². The van der Waals surface area contributed by atoms with E-state index in [4.69, 9.17) is 0 Å². The molecule has 0 radical (unpaired) electrons. The summed E-state index contributed by atoms with van der Waals surface area (Å²) in [6.45, 7) is 6.80. The van der Waals surface area contributed by atoms with Crippen molar-refractivity contribution in [2.45, 2.75) is 51.7 Å². The second-order valence-electron chi connectivity index (χ2n) is 6.48. The Labute approximate surface area is 127 Å². The van der Waals surface area contributed by atoms with Crippen LogP contribution in [0.4, 0.5) is 5.82 Å².